The molecule has 0 aliphatic heterocycles. The molecule has 1 heterocycles. The Hall–Kier alpha value is -1.68. The Labute approximate surface area is 115 Å². The van der Waals surface area contributed by atoms with E-state index in [4.69, 9.17) is 4.74 Å². The number of carbonyl (C=O) groups is 1. The number of thiophene rings is 1. The first-order valence-electron chi connectivity index (χ1n) is 6.12. The molecule has 0 bridgehead atoms. The van der Waals surface area contributed by atoms with Gasteiger partial charge in [0, 0.05) is 6.42 Å². The zero-order valence-electron chi connectivity index (χ0n) is 10.7. The van der Waals surface area contributed by atoms with Gasteiger partial charge in [0.25, 0.3) is 0 Å². The fourth-order valence-corrected chi connectivity index (χ4v) is 2.38. The van der Waals surface area contributed by atoms with E-state index in [1.165, 1.54) is 17.4 Å². The molecule has 0 aliphatic rings. The van der Waals surface area contributed by atoms with Crippen LogP contribution in [0.25, 0.3) is 0 Å². The zero-order valence-corrected chi connectivity index (χ0v) is 11.5. The van der Waals surface area contributed by atoms with Crippen molar-refractivity contribution in [3.63, 3.8) is 0 Å². The van der Waals surface area contributed by atoms with Crippen molar-refractivity contribution in [2.75, 3.05) is 6.61 Å². The highest BCUT2D eigenvalue weighted by molar-refractivity contribution is 7.12. The zero-order chi connectivity index (χ0) is 13.7. The largest absolute Gasteiger partial charge is 0.494 e. The highest BCUT2D eigenvalue weighted by Gasteiger charge is 2.06. The highest BCUT2D eigenvalue weighted by atomic mass is 32.1. The van der Waals surface area contributed by atoms with Gasteiger partial charge < -0.3 is 4.74 Å². The molecule has 2 rings (SSSR count). The minimum atomic E-state index is -0.236. The Morgan fingerprint density at radius 3 is 2.89 bits per heavy atom. The summed E-state index contributed by atoms with van der Waals surface area (Å²) in [6.45, 7) is 2.16. The molecule has 0 saturated carbocycles. The van der Waals surface area contributed by atoms with Gasteiger partial charge in [0.05, 0.1) is 11.5 Å². The molecule has 0 saturated heterocycles. The summed E-state index contributed by atoms with van der Waals surface area (Å²) in [5.41, 5.74) is 0.562. The molecular weight excluding hydrogens is 263 g/mol. The number of hydrogen-bond acceptors (Lipinski definition) is 3. The minimum absolute atomic E-state index is 0.147. The topological polar surface area (TPSA) is 26.3 Å². The monoisotopic (exact) mass is 278 g/mol. The van der Waals surface area contributed by atoms with Crippen LogP contribution >= 0.6 is 11.3 Å². The maximum atomic E-state index is 13.1. The van der Waals surface area contributed by atoms with Crippen LogP contribution in [0.4, 0.5) is 4.39 Å². The predicted molar refractivity (Wildman–Crippen MR) is 74.5 cm³/mol. The summed E-state index contributed by atoms with van der Waals surface area (Å²) >= 11 is 1.46. The smallest absolute Gasteiger partial charge is 0.172 e. The summed E-state index contributed by atoms with van der Waals surface area (Å²) in [5, 5.41) is 1.89. The Morgan fingerprint density at radius 2 is 2.21 bits per heavy atom. The van der Waals surface area contributed by atoms with Gasteiger partial charge in [-0.2, -0.15) is 0 Å². The highest BCUT2D eigenvalue weighted by Crippen LogP contribution is 2.17. The van der Waals surface area contributed by atoms with E-state index in [0.29, 0.717) is 30.8 Å². The summed E-state index contributed by atoms with van der Waals surface area (Å²) in [4.78, 5) is 12.5. The second-order valence-electron chi connectivity index (χ2n) is 4.26. The van der Waals surface area contributed by atoms with E-state index >= 15 is 0 Å². The van der Waals surface area contributed by atoms with E-state index in [1.54, 1.807) is 19.1 Å². The summed E-state index contributed by atoms with van der Waals surface area (Å²) in [7, 11) is 0. The van der Waals surface area contributed by atoms with E-state index in [-0.39, 0.29) is 11.6 Å². The summed E-state index contributed by atoms with van der Waals surface area (Å²) in [6.07, 6.45) is 1.13. The fraction of sp³-hybridized carbons (Fsp3) is 0.267. The van der Waals surface area contributed by atoms with Gasteiger partial charge in [-0.3, -0.25) is 4.79 Å². The molecule has 2 nitrogen and oxygen atoms in total. The van der Waals surface area contributed by atoms with Gasteiger partial charge in [0.1, 0.15) is 11.6 Å². The third-order valence-corrected chi connectivity index (χ3v) is 3.65. The molecule has 2 aromatic rings. The average molecular weight is 278 g/mol. The van der Waals surface area contributed by atoms with Crippen molar-refractivity contribution in [3.05, 3.63) is 52.0 Å². The normalized spacial score (nSPS) is 10.4. The molecule has 1 aromatic heterocycles. The van der Waals surface area contributed by atoms with Crippen molar-refractivity contribution in [1.82, 2.24) is 0 Å². The lowest BCUT2D eigenvalue weighted by Crippen LogP contribution is -2.02. The van der Waals surface area contributed by atoms with Gasteiger partial charge in [-0.1, -0.05) is 6.07 Å². The minimum Gasteiger partial charge on any atom is -0.494 e. The van der Waals surface area contributed by atoms with Gasteiger partial charge in [0.15, 0.2) is 5.78 Å². The molecule has 0 atom stereocenters. The first-order valence-corrected chi connectivity index (χ1v) is 7.00. The molecule has 0 aliphatic carbocycles. The van der Waals surface area contributed by atoms with E-state index < -0.39 is 0 Å². The molecular formula is C15H15FO2S. The van der Waals surface area contributed by atoms with Crippen LogP contribution in [0.2, 0.25) is 0 Å². The fourth-order valence-electron chi connectivity index (χ4n) is 1.69. The van der Waals surface area contributed by atoms with Gasteiger partial charge in [-0.15, -0.1) is 11.3 Å². The summed E-state index contributed by atoms with van der Waals surface area (Å²) < 4.78 is 18.5. The van der Waals surface area contributed by atoms with Crippen LogP contribution in [-0.2, 0) is 0 Å². The lowest BCUT2D eigenvalue weighted by atomic mass is 10.2. The van der Waals surface area contributed by atoms with Crippen molar-refractivity contribution in [3.8, 4) is 5.75 Å². The third kappa shape index (κ3) is 3.89. The number of benzene rings is 1. The number of ketones is 1. The quantitative estimate of drug-likeness (QED) is 0.583. The lowest BCUT2D eigenvalue weighted by molar-refractivity contribution is 0.0977. The maximum absolute atomic E-state index is 13.1. The first-order chi connectivity index (χ1) is 9.16. The predicted octanol–water partition coefficient (Wildman–Crippen LogP) is 4.24. The standard InChI is InChI=1S/C15H15FO2S/c1-11-10-12(6-7-13(11)16)18-8-2-4-14(17)15-5-3-9-19-15/h3,5-7,9-10H,2,4,8H2,1H3. The number of aryl methyl sites for hydroxylation is 1. The van der Waals surface area contributed by atoms with Crippen LogP contribution in [-0.4, -0.2) is 12.4 Å². The number of Topliss-reactive ketones (excluding diaryl/α,β-unsaturated/α-hetero) is 1. The Morgan fingerprint density at radius 1 is 1.37 bits per heavy atom. The number of hydrogen-bond donors (Lipinski definition) is 0. The molecule has 0 N–H and O–H groups in total. The lowest BCUT2D eigenvalue weighted by Gasteiger charge is -2.06. The van der Waals surface area contributed by atoms with Crippen LogP contribution in [0.5, 0.6) is 5.75 Å². The molecule has 0 radical (unpaired) electrons. The van der Waals surface area contributed by atoms with Gasteiger partial charge in [-0.25, -0.2) is 4.39 Å². The summed E-state index contributed by atoms with van der Waals surface area (Å²) in [5.74, 6) is 0.552. The van der Waals surface area contributed by atoms with Crippen molar-refractivity contribution in [2.24, 2.45) is 0 Å². The summed E-state index contributed by atoms with van der Waals surface area (Å²) in [6, 6.07) is 8.36. The number of carbonyl (C=O) groups excluding carboxylic acids is 1. The van der Waals surface area contributed by atoms with E-state index in [0.717, 1.165) is 4.88 Å². The average Bonchev–Trinajstić information content (AvgIpc) is 2.92. The Kier molecular flexibility index (Phi) is 4.68. The van der Waals surface area contributed by atoms with Crippen molar-refractivity contribution < 1.29 is 13.9 Å². The molecule has 19 heavy (non-hydrogen) atoms. The second kappa shape index (κ2) is 6.48. The Bertz CT molecular complexity index is 549. The number of halogens is 1. The SMILES string of the molecule is Cc1cc(OCCCC(=O)c2cccs2)ccc1F. The van der Waals surface area contributed by atoms with Gasteiger partial charge in [0.2, 0.25) is 0 Å². The van der Waals surface area contributed by atoms with E-state index in [1.807, 2.05) is 17.5 Å². The maximum Gasteiger partial charge on any atom is 0.172 e. The van der Waals surface area contributed by atoms with Crippen molar-refractivity contribution in [2.45, 2.75) is 19.8 Å². The molecule has 4 heteroatoms. The van der Waals surface area contributed by atoms with Crippen molar-refractivity contribution >= 4 is 17.1 Å². The van der Waals surface area contributed by atoms with Crippen LogP contribution in [0.15, 0.2) is 35.7 Å². The van der Waals surface area contributed by atoms with Gasteiger partial charge in [-0.05, 0) is 48.6 Å². The molecule has 100 valence electrons. The van der Waals surface area contributed by atoms with Crippen LogP contribution < -0.4 is 4.74 Å². The first kappa shape index (κ1) is 13.7. The number of ether oxygens (including phenoxy) is 1. The second-order valence-corrected chi connectivity index (χ2v) is 5.21. The molecule has 0 amide bonds. The molecule has 0 spiro atoms. The van der Waals surface area contributed by atoms with Crippen LogP contribution in [0.3, 0.4) is 0 Å². The molecule has 0 unspecified atom stereocenters. The number of rotatable bonds is 6. The van der Waals surface area contributed by atoms with Gasteiger partial charge >= 0.3 is 0 Å². The van der Waals surface area contributed by atoms with E-state index in [2.05, 4.69) is 0 Å². The van der Waals surface area contributed by atoms with Crippen molar-refractivity contribution in [1.29, 1.82) is 0 Å². The molecule has 0 fully saturated rings. The third-order valence-electron chi connectivity index (χ3n) is 2.74. The van der Waals surface area contributed by atoms with Crippen LogP contribution in [0.1, 0.15) is 28.1 Å². The Balaban J connectivity index is 1.75. The van der Waals surface area contributed by atoms with E-state index in [9.17, 15) is 9.18 Å². The van der Waals surface area contributed by atoms with Crippen LogP contribution in [0, 0.1) is 12.7 Å². The molecule has 1 aromatic carbocycles.